The number of carbonyl (C=O) groups excluding carboxylic acids is 1. The van der Waals surface area contributed by atoms with Crippen molar-refractivity contribution in [3.05, 3.63) is 53.4 Å². The van der Waals surface area contributed by atoms with E-state index in [1.807, 2.05) is 37.4 Å². The molecule has 3 rings (SSSR count). The highest BCUT2D eigenvalue weighted by atomic mass is 32.2. The minimum Gasteiger partial charge on any atom is -0.341 e. The molecular formula is C20H26N2O3S2. The summed E-state index contributed by atoms with van der Waals surface area (Å²) in [4.78, 5) is 14.5. The number of thiophene rings is 1. The third kappa shape index (κ3) is 5.40. The summed E-state index contributed by atoms with van der Waals surface area (Å²) in [5.41, 5.74) is 1.13. The second-order valence-electron chi connectivity index (χ2n) is 7.18. The highest BCUT2D eigenvalue weighted by molar-refractivity contribution is 7.91. The predicted molar refractivity (Wildman–Crippen MR) is 108 cm³/mol. The maximum absolute atomic E-state index is 12.7. The van der Waals surface area contributed by atoms with E-state index < -0.39 is 10.0 Å². The van der Waals surface area contributed by atoms with E-state index in [1.54, 1.807) is 22.4 Å². The molecular weight excluding hydrogens is 380 g/mol. The summed E-state index contributed by atoms with van der Waals surface area (Å²) in [5, 5.41) is 1.76. The van der Waals surface area contributed by atoms with Crippen molar-refractivity contribution in [2.75, 3.05) is 13.6 Å². The van der Waals surface area contributed by atoms with Gasteiger partial charge in [0.2, 0.25) is 15.9 Å². The molecule has 1 aromatic carbocycles. The molecule has 0 spiro atoms. The van der Waals surface area contributed by atoms with Crippen molar-refractivity contribution in [3.63, 3.8) is 0 Å². The Bertz CT molecular complexity index is 827. The van der Waals surface area contributed by atoms with Gasteiger partial charge in [-0.2, -0.15) is 0 Å². The quantitative estimate of drug-likeness (QED) is 0.765. The summed E-state index contributed by atoms with van der Waals surface area (Å²) >= 11 is 1.22. The molecule has 27 heavy (non-hydrogen) atoms. The highest BCUT2D eigenvalue weighted by Gasteiger charge is 2.29. The van der Waals surface area contributed by atoms with Gasteiger partial charge in [-0.05, 0) is 48.6 Å². The van der Waals surface area contributed by atoms with Crippen LogP contribution in [0, 0.1) is 11.8 Å². The standard InChI is InChI=1S/C20H26N2O3S2/c1-22(15-17-6-3-2-4-7-17)20(23)18-11-9-16(10-12-18)14-21-27(24,25)19-8-5-13-26-19/h2-8,13,16,18,21H,9-12,14-15H2,1H3. The average molecular weight is 407 g/mol. The van der Waals surface area contributed by atoms with Gasteiger partial charge in [-0.1, -0.05) is 36.4 Å². The molecule has 7 heteroatoms. The van der Waals surface area contributed by atoms with E-state index in [2.05, 4.69) is 4.72 Å². The first kappa shape index (κ1) is 20.0. The first-order valence-corrected chi connectivity index (χ1v) is 11.6. The Hall–Kier alpha value is -1.70. The molecule has 0 aliphatic heterocycles. The molecule has 1 aliphatic rings. The van der Waals surface area contributed by atoms with Gasteiger partial charge in [-0.3, -0.25) is 4.79 Å². The van der Waals surface area contributed by atoms with E-state index in [4.69, 9.17) is 0 Å². The number of sulfonamides is 1. The Balaban J connectivity index is 1.45. The number of amides is 1. The van der Waals surface area contributed by atoms with Gasteiger partial charge in [0.05, 0.1) is 0 Å². The van der Waals surface area contributed by atoms with Crippen LogP contribution in [0.25, 0.3) is 0 Å². The lowest BCUT2D eigenvalue weighted by Crippen LogP contribution is -2.36. The van der Waals surface area contributed by atoms with Gasteiger partial charge in [0.1, 0.15) is 4.21 Å². The summed E-state index contributed by atoms with van der Waals surface area (Å²) < 4.78 is 27.5. The molecule has 0 unspecified atom stereocenters. The van der Waals surface area contributed by atoms with Crippen LogP contribution in [-0.2, 0) is 21.4 Å². The van der Waals surface area contributed by atoms with Crippen molar-refractivity contribution in [1.82, 2.24) is 9.62 Å². The normalized spacial score (nSPS) is 20.3. The van der Waals surface area contributed by atoms with Gasteiger partial charge in [-0.25, -0.2) is 13.1 Å². The number of nitrogens with zero attached hydrogens (tertiary/aromatic N) is 1. The van der Waals surface area contributed by atoms with Crippen LogP contribution in [0.4, 0.5) is 0 Å². The molecule has 0 atom stereocenters. The molecule has 0 bridgehead atoms. The second-order valence-corrected chi connectivity index (χ2v) is 10.1. The lowest BCUT2D eigenvalue weighted by Gasteiger charge is -2.30. The molecule has 5 nitrogen and oxygen atoms in total. The molecule has 146 valence electrons. The smallest absolute Gasteiger partial charge is 0.250 e. The SMILES string of the molecule is CN(Cc1ccccc1)C(=O)C1CCC(CNS(=O)(=O)c2cccs2)CC1. The zero-order valence-corrected chi connectivity index (χ0v) is 17.1. The van der Waals surface area contributed by atoms with Crippen molar-refractivity contribution >= 4 is 27.3 Å². The van der Waals surface area contributed by atoms with Crippen LogP contribution in [0.5, 0.6) is 0 Å². The van der Waals surface area contributed by atoms with E-state index >= 15 is 0 Å². The third-order valence-corrected chi connectivity index (χ3v) is 7.98. The number of hydrogen-bond donors (Lipinski definition) is 1. The molecule has 1 aliphatic carbocycles. The summed E-state index contributed by atoms with van der Waals surface area (Å²) in [6.07, 6.45) is 3.40. The zero-order chi connectivity index (χ0) is 19.3. The van der Waals surface area contributed by atoms with Gasteiger partial charge in [0.25, 0.3) is 0 Å². The van der Waals surface area contributed by atoms with Gasteiger partial charge in [0.15, 0.2) is 0 Å². The molecule has 1 heterocycles. The highest BCUT2D eigenvalue weighted by Crippen LogP contribution is 2.30. The van der Waals surface area contributed by atoms with Crippen molar-refractivity contribution in [2.24, 2.45) is 11.8 Å². The van der Waals surface area contributed by atoms with E-state index in [0.29, 0.717) is 23.2 Å². The van der Waals surface area contributed by atoms with Crippen molar-refractivity contribution in [1.29, 1.82) is 0 Å². The lowest BCUT2D eigenvalue weighted by molar-refractivity contribution is -0.136. The Morgan fingerprint density at radius 3 is 2.44 bits per heavy atom. The van der Waals surface area contributed by atoms with Gasteiger partial charge in [0, 0.05) is 26.1 Å². The molecule has 2 aromatic rings. The van der Waals surface area contributed by atoms with E-state index in [1.165, 1.54) is 11.3 Å². The fraction of sp³-hybridized carbons (Fsp3) is 0.450. The van der Waals surface area contributed by atoms with Crippen LogP contribution >= 0.6 is 11.3 Å². The molecule has 0 saturated heterocycles. The third-order valence-electron chi connectivity index (χ3n) is 5.16. The Kier molecular flexibility index (Phi) is 6.68. The summed E-state index contributed by atoms with van der Waals surface area (Å²) in [6.45, 7) is 1.07. The van der Waals surface area contributed by atoms with Crippen LogP contribution in [0.2, 0.25) is 0 Å². The topological polar surface area (TPSA) is 66.5 Å². The van der Waals surface area contributed by atoms with Crippen LogP contribution in [0.3, 0.4) is 0 Å². The number of benzene rings is 1. The monoisotopic (exact) mass is 406 g/mol. The molecule has 0 radical (unpaired) electrons. The maximum Gasteiger partial charge on any atom is 0.250 e. The summed E-state index contributed by atoms with van der Waals surface area (Å²) in [7, 11) is -1.54. The van der Waals surface area contributed by atoms with Gasteiger partial charge >= 0.3 is 0 Å². The predicted octanol–water partition coefficient (Wildman–Crippen LogP) is 3.49. The van der Waals surface area contributed by atoms with E-state index in [9.17, 15) is 13.2 Å². The number of rotatable bonds is 7. The molecule has 1 amide bonds. The van der Waals surface area contributed by atoms with Crippen LogP contribution in [0.1, 0.15) is 31.2 Å². The lowest BCUT2D eigenvalue weighted by atomic mass is 9.81. The fourth-order valence-corrected chi connectivity index (χ4v) is 5.73. The summed E-state index contributed by atoms with van der Waals surface area (Å²) in [6, 6.07) is 13.3. The summed E-state index contributed by atoms with van der Waals surface area (Å²) in [5.74, 6) is 0.531. The first-order valence-electron chi connectivity index (χ1n) is 9.28. The van der Waals surface area contributed by atoms with Crippen LogP contribution in [-0.4, -0.2) is 32.8 Å². The maximum atomic E-state index is 12.7. The van der Waals surface area contributed by atoms with Crippen LogP contribution < -0.4 is 4.72 Å². The van der Waals surface area contributed by atoms with Gasteiger partial charge < -0.3 is 4.90 Å². The first-order chi connectivity index (χ1) is 13.0. The van der Waals surface area contributed by atoms with Crippen molar-refractivity contribution < 1.29 is 13.2 Å². The number of nitrogens with one attached hydrogen (secondary N) is 1. The van der Waals surface area contributed by atoms with E-state index in [-0.39, 0.29) is 11.8 Å². The molecule has 1 saturated carbocycles. The van der Waals surface area contributed by atoms with E-state index in [0.717, 1.165) is 31.2 Å². The largest absolute Gasteiger partial charge is 0.341 e. The fourth-order valence-electron chi connectivity index (χ4n) is 3.58. The van der Waals surface area contributed by atoms with Crippen molar-refractivity contribution in [3.8, 4) is 0 Å². The van der Waals surface area contributed by atoms with Crippen LogP contribution in [0.15, 0.2) is 52.1 Å². The Morgan fingerprint density at radius 1 is 1.11 bits per heavy atom. The van der Waals surface area contributed by atoms with Crippen molar-refractivity contribution in [2.45, 2.75) is 36.4 Å². The minimum atomic E-state index is -3.40. The molecule has 1 N–H and O–H groups in total. The number of carbonyl (C=O) groups is 1. The minimum absolute atomic E-state index is 0.0452. The Morgan fingerprint density at radius 2 is 1.81 bits per heavy atom. The zero-order valence-electron chi connectivity index (χ0n) is 15.5. The molecule has 1 aromatic heterocycles. The average Bonchev–Trinajstić information content (AvgIpc) is 3.23. The second kappa shape index (κ2) is 8.99. The Labute approximate surface area is 165 Å². The van der Waals surface area contributed by atoms with Gasteiger partial charge in [-0.15, -0.1) is 11.3 Å². The number of hydrogen-bond acceptors (Lipinski definition) is 4. The molecule has 1 fully saturated rings.